The lowest BCUT2D eigenvalue weighted by molar-refractivity contribution is 0.293. The number of halogens is 1. The molecule has 0 aliphatic rings. The number of hydrogen-bond acceptors (Lipinski definition) is 3. The first-order chi connectivity index (χ1) is 10.7. The molecule has 0 N–H and O–H groups in total. The van der Waals surface area contributed by atoms with Gasteiger partial charge in [-0.15, -0.1) is 0 Å². The Bertz CT molecular complexity index is 817. The van der Waals surface area contributed by atoms with E-state index in [2.05, 4.69) is 4.98 Å². The average Bonchev–Trinajstić information content (AvgIpc) is 2.53. The topological polar surface area (TPSA) is 31.4 Å². The van der Waals surface area contributed by atoms with E-state index in [9.17, 15) is 4.39 Å². The quantitative estimate of drug-likeness (QED) is 0.720. The first kappa shape index (κ1) is 14.3. The number of methoxy groups -OCH3 is 1. The van der Waals surface area contributed by atoms with Gasteiger partial charge in [-0.2, -0.15) is 0 Å². The van der Waals surface area contributed by atoms with E-state index in [1.807, 2.05) is 37.3 Å². The van der Waals surface area contributed by atoms with Crippen LogP contribution in [0.15, 0.2) is 48.5 Å². The zero-order valence-electron chi connectivity index (χ0n) is 12.5. The maximum atomic E-state index is 13.7. The van der Waals surface area contributed by atoms with Crippen molar-refractivity contribution in [2.45, 2.75) is 13.5 Å². The molecule has 3 rings (SSSR count). The van der Waals surface area contributed by atoms with Crippen molar-refractivity contribution in [2.24, 2.45) is 0 Å². The number of fused-ring (bicyclic) bond motifs is 1. The first-order valence-electron chi connectivity index (χ1n) is 6.99. The maximum Gasteiger partial charge on any atom is 0.214 e. The molecule has 2 aromatic carbocycles. The number of hydrogen-bond donors (Lipinski definition) is 0. The van der Waals surface area contributed by atoms with Gasteiger partial charge in [0.05, 0.1) is 12.6 Å². The average molecular weight is 297 g/mol. The SMILES string of the molecule is COc1ccc(COc2cc(C)c3ccccc3n2)cc1F. The van der Waals surface area contributed by atoms with Gasteiger partial charge in [-0.05, 0) is 36.2 Å². The third-order valence-electron chi connectivity index (χ3n) is 3.50. The Balaban J connectivity index is 1.80. The lowest BCUT2D eigenvalue weighted by atomic mass is 10.1. The van der Waals surface area contributed by atoms with Crippen LogP contribution in [0.4, 0.5) is 4.39 Å². The summed E-state index contributed by atoms with van der Waals surface area (Å²) < 4.78 is 24.2. The predicted molar refractivity (Wildman–Crippen MR) is 83.8 cm³/mol. The molecule has 112 valence electrons. The molecular formula is C18H16FNO2. The first-order valence-corrected chi connectivity index (χ1v) is 6.99. The number of nitrogens with zero attached hydrogens (tertiary/aromatic N) is 1. The van der Waals surface area contributed by atoms with Gasteiger partial charge in [0.1, 0.15) is 6.61 Å². The fraction of sp³-hybridized carbons (Fsp3) is 0.167. The highest BCUT2D eigenvalue weighted by molar-refractivity contribution is 5.82. The molecule has 0 radical (unpaired) electrons. The number of ether oxygens (including phenoxy) is 2. The number of aryl methyl sites for hydroxylation is 1. The van der Waals surface area contributed by atoms with Crippen LogP contribution in [0.25, 0.3) is 10.9 Å². The fourth-order valence-corrected chi connectivity index (χ4v) is 2.35. The highest BCUT2D eigenvalue weighted by atomic mass is 19.1. The van der Waals surface area contributed by atoms with Gasteiger partial charge >= 0.3 is 0 Å². The van der Waals surface area contributed by atoms with Crippen LogP contribution in [0.2, 0.25) is 0 Å². The molecule has 0 fully saturated rings. The highest BCUT2D eigenvalue weighted by Gasteiger charge is 2.06. The summed E-state index contributed by atoms with van der Waals surface area (Å²) in [7, 11) is 1.44. The lowest BCUT2D eigenvalue weighted by Crippen LogP contribution is -1.99. The molecule has 1 heterocycles. The molecule has 0 atom stereocenters. The third kappa shape index (κ3) is 2.86. The Kier molecular flexibility index (Phi) is 3.92. The molecule has 3 nitrogen and oxygen atoms in total. The Morgan fingerprint density at radius 1 is 1.09 bits per heavy atom. The van der Waals surface area contributed by atoms with Gasteiger partial charge < -0.3 is 9.47 Å². The molecule has 0 aliphatic heterocycles. The van der Waals surface area contributed by atoms with E-state index in [1.54, 1.807) is 12.1 Å². The molecule has 0 unspecified atom stereocenters. The van der Waals surface area contributed by atoms with Crippen LogP contribution in [0.3, 0.4) is 0 Å². The van der Waals surface area contributed by atoms with E-state index < -0.39 is 5.82 Å². The van der Waals surface area contributed by atoms with Crippen LogP contribution in [-0.2, 0) is 6.61 Å². The van der Waals surface area contributed by atoms with Crippen LogP contribution >= 0.6 is 0 Å². The van der Waals surface area contributed by atoms with Gasteiger partial charge in [0.25, 0.3) is 0 Å². The van der Waals surface area contributed by atoms with Gasteiger partial charge in [0, 0.05) is 11.5 Å². The highest BCUT2D eigenvalue weighted by Crippen LogP contribution is 2.23. The van der Waals surface area contributed by atoms with Crippen molar-refractivity contribution in [1.82, 2.24) is 4.98 Å². The minimum Gasteiger partial charge on any atom is -0.494 e. The second-order valence-electron chi connectivity index (χ2n) is 5.05. The summed E-state index contributed by atoms with van der Waals surface area (Å²) in [4.78, 5) is 4.47. The van der Waals surface area contributed by atoms with E-state index in [1.165, 1.54) is 13.2 Å². The van der Waals surface area contributed by atoms with E-state index >= 15 is 0 Å². The third-order valence-corrected chi connectivity index (χ3v) is 3.50. The van der Waals surface area contributed by atoms with Crippen LogP contribution in [-0.4, -0.2) is 12.1 Å². The number of benzene rings is 2. The smallest absolute Gasteiger partial charge is 0.214 e. The lowest BCUT2D eigenvalue weighted by Gasteiger charge is -2.09. The molecule has 1 aromatic heterocycles. The van der Waals surface area contributed by atoms with Gasteiger partial charge in [-0.25, -0.2) is 9.37 Å². The second-order valence-corrected chi connectivity index (χ2v) is 5.05. The molecule has 3 aromatic rings. The standard InChI is InChI=1S/C18H16FNO2/c1-12-9-18(20-16-6-4-3-5-14(12)16)22-11-13-7-8-17(21-2)15(19)10-13/h3-10H,11H2,1-2H3. The molecule has 0 aliphatic carbocycles. The predicted octanol–water partition coefficient (Wildman–Crippen LogP) is 4.27. The number of rotatable bonds is 4. The zero-order valence-corrected chi connectivity index (χ0v) is 12.5. The molecular weight excluding hydrogens is 281 g/mol. The van der Waals surface area contributed by atoms with Crippen LogP contribution in [0.1, 0.15) is 11.1 Å². The Morgan fingerprint density at radius 2 is 1.91 bits per heavy atom. The summed E-state index contributed by atoms with van der Waals surface area (Å²) >= 11 is 0. The Labute approximate surface area is 128 Å². The van der Waals surface area contributed by atoms with Gasteiger partial charge in [-0.3, -0.25) is 0 Å². The summed E-state index contributed by atoms with van der Waals surface area (Å²) in [5, 5.41) is 1.10. The van der Waals surface area contributed by atoms with Crippen molar-refractivity contribution in [3.05, 3.63) is 65.5 Å². The molecule has 0 saturated heterocycles. The van der Waals surface area contributed by atoms with Crippen LogP contribution in [0.5, 0.6) is 11.6 Å². The minimum atomic E-state index is -0.397. The van der Waals surface area contributed by atoms with Crippen LogP contribution < -0.4 is 9.47 Å². The van der Waals surface area contributed by atoms with E-state index in [-0.39, 0.29) is 12.4 Å². The molecule has 4 heteroatoms. The Morgan fingerprint density at radius 3 is 2.68 bits per heavy atom. The molecule has 0 saturated carbocycles. The number of para-hydroxylation sites is 1. The van der Waals surface area contributed by atoms with Crippen molar-refractivity contribution in [3.8, 4) is 11.6 Å². The van der Waals surface area contributed by atoms with Crippen molar-refractivity contribution >= 4 is 10.9 Å². The van der Waals surface area contributed by atoms with Crippen molar-refractivity contribution in [1.29, 1.82) is 0 Å². The molecule has 22 heavy (non-hydrogen) atoms. The van der Waals surface area contributed by atoms with Gasteiger partial charge in [-0.1, -0.05) is 24.3 Å². The summed E-state index contributed by atoms with van der Waals surface area (Å²) in [6.45, 7) is 2.27. The molecule has 0 spiro atoms. The normalized spacial score (nSPS) is 10.7. The Hall–Kier alpha value is -2.62. The molecule has 0 bridgehead atoms. The largest absolute Gasteiger partial charge is 0.494 e. The number of aromatic nitrogens is 1. The van der Waals surface area contributed by atoms with Gasteiger partial charge in [0.2, 0.25) is 5.88 Å². The summed E-state index contributed by atoms with van der Waals surface area (Å²) in [5.74, 6) is 0.363. The minimum absolute atomic E-state index is 0.225. The second kappa shape index (κ2) is 6.02. The van der Waals surface area contributed by atoms with Crippen molar-refractivity contribution < 1.29 is 13.9 Å². The summed E-state index contributed by atoms with van der Waals surface area (Å²) in [5.41, 5.74) is 2.71. The summed E-state index contributed by atoms with van der Waals surface area (Å²) in [6.07, 6.45) is 0. The van der Waals surface area contributed by atoms with Crippen molar-refractivity contribution in [2.75, 3.05) is 7.11 Å². The zero-order chi connectivity index (χ0) is 15.5. The van der Waals surface area contributed by atoms with E-state index in [0.29, 0.717) is 5.88 Å². The molecule has 0 amide bonds. The van der Waals surface area contributed by atoms with Crippen LogP contribution in [0, 0.1) is 12.7 Å². The maximum absolute atomic E-state index is 13.7. The van der Waals surface area contributed by atoms with E-state index in [0.717, 1.165) is 22.0 Å². The van der Waals surface area contributed by atoms with Gasteiger partial charge in [0.15, 0.2) is 11.6 Å². The number of pyridine rings is 1. The van der Waals surface area contributed by atoms with Crippen molar-refractivity contribution in [3.63, 3.8) is 0 Å². The monoisotopic (exact) mass is 297 g/mol. The summed E-state index contributed by atoms with van der Waals surface area (Å²) in [6, 6.07) is 14.6. The fourth-order valence-electron chi connectivity index (χ4n) is 2.35. The van der Waals surface area contributed by atoms with E-state index in [4.69, 9.17) is 9.47 Å².